The summed E-state index contributed by atoms with van der Waals surface area (Å²) in [5.41, 5.74) is -3.03. The molecule has 0 aliphatic carbocycles. The van der Waals surface area contributed by atoms with Gasteiger partial charge in [0.25, 0.3) is 5.91 Å². The van der Waals surface area contributed by atoms with Crippen LogP contribution in [0.2, 0.25) is 0 Å². The van der Waals surface area contributed by atoms with Crippen LogP contribution in [-0.2, 0) is 12.4 Å². The third-order valence-corrected chi connectivity index (χ3v) is 4.31. The summed E-state index contributed by atoms with van der Waals surface area (Å²) < 4.78 is 78.4. The number of amides is 1. The number of hydrogen-bond donors (Lipinski definition) is 1. The van der Waals surface area contributed by atoms with Crippen LogP contribution in [0, 0.1) is 6.92 Å². The molecule has 0 aliphatic heterocycles. The van der Waals surface area contributed by atoms with E-state index in [9.17, 15) is 31.1 Å². The molecule has 0 spiro atoms. The summed E-state index contributed by atoms with van der Waals surface area (Å²) in [5, 5.41) is 2.37. The van der Waals surface area contributed by atoms with Crippen molar-refractivity contribution < 1.29 is 31.1 Å². The van der Waals surface area contributed by atoms with Crippen molar-refractivity contribution in [2.45, 2.75) is 32.2 Å². The predicted octanol–water partition coefficient (Wildman–Crippen LogP) is 4.77. The third kappa shape index (κ3) is 5.18. The summed E-state index contributed by atoms with van der Waals surface area (Å²) in [6.07, 6.45) is -5.82. The summed E-state index contributed by atoms with van der Waals surface area (Å²) in [4.78, 5) is 29.2. The van der Waals surface area contributed by atoms with E-state index in [2.05, 4.69) is 25.3 Å². The molecule has 0 aliphatic rings. The summed E-state index contributed by atoms with van der Waals surface area (Å²) >= 11 is 0. The fraction of sp³-hybridized carbons (Fsp3) is 0.250. The number of aryl methyl sites for hydroxylation is 1. The number of benzene rings is 1. The van der Waals surface area contributed by atoms with Gasteiger partial charge in [-0.25, -0.2) is 15.0 Å². The Kier molecular flexibility index (Phi) is 6.15. The number of nitrogens with zero attached hydrogens (tertiary/aromatic N) is 4. The minimum Gasteiger partial charge on any atom is -0.344 e. The first kappa shape index (κ1) is 23.1. The molecule has 1 N–H and O–H groups in total. The summed E-state index contributed by atoms with van der Waals surface area (Å²) in [6, 6.07) is 1.32. The van der Waals surface area contributed by atoms with Gasteiger partial charge in [0, 0.05) is 24.2 Å². The van der Waals surface area contributed by atoms with E-state index in [1.54, 1.807) is 13.0 Å². The quantitative estimate of drug-likeness (QED) is 0.574. The SMILES string of the molecule is Cc1cnc(C(C)NC(=O)c2cc(C(F)(F)F)cc(C(F)(F)F)c2)c(-c2ncccn2)n1. The van der Waals surface area contributed by atoms with Crippen LogP contribution in [0.1, 0.15) is 45.8 Å². The largest absolute Gasteiger partial charge is 0.416 e. The number of nitrogens with one attached hydrogen (secondary N) is 1. The Morgan fingerprint density at radius 1 is 0.938 bits per heavy atom. The number of alkyl halides is 6. The van der Waals surface area contributed by atoms with Crippen molar-refractivity contribution in [2.24, 2.45) is 0 Å². The van der Waals surface area contributed by atoms with Gasteiger partial charge in [-0.1, -0.05) is 0 Å². The maximum absolute atomic E-state index is 13.1. The molecule has 32 heavy (non-hydrogen) atoms. The second-order valence-electron chi connectivity index (χ2n) is 6.81. The molecule has 3 aromatic rings. The van der Waals surface area contributed by atoms with Gasteiger partial charge in [-0.05, 0) is 38.1 Å². The lowest BCUT2D eigenvalue weighted by Gasteiger charge is -2.18. The van der Waals surface area contributed by atoms with Crippen LogP contribution in [0.4, 0.5) is 26.3 Å². The molecule has 2 aromatic heterocycles. The molecule has 12 heteroatoms. The van der Waals surface area contributed by atoms with Crippen LogP contribution >= 0.6 is 0 Å². The van der Waals surface area contributed by atoms with Crippen molar-refractivity contribution in [3.63, 3.8) is 0 Å². The van der Waals surface area contributed by atoms with Gasteiger partial charge in [0.2, 0.25) is 0 Å². The maximum Gasteiger partial charge on any atom is 0.416 e. The Balaban J connectivity index is 1.97. The van der Waals surface area contributed by atoms with Crippen molar-refractivity contribution in [3.05, 3.63) is 70.9 Å². The molecular formula is C20H15F6N5O. The molecule has 0 saturated carbocycles. The van der Waals surface area contributed by atoms with E-state index in [1.807, 2.05) is 0 Å². The van der Waals surface area contributed by atoms with Crippen molar-refractivity contribution in [3.8, 4) is 11.5 Å². The Hall–Kier alpha value is -3.57. The van der Waals surface area contributed by atoms with E-state index in [0.29, 0.717) is 17.8 Å². The van der Waals surface area contributed by atoms with Crippen molar-refractivity contribution in [1.29, 1.82) is 0 Å². The number of hydrogen-bond acceptors (Lipinski definition) is 5. The molecule has 1 unspecified atom stereocenters. The molecule has 0 fully saturated rings. The fourth-order valence-corrected chi connectivity index (χ4v) is 2.82. The van der Waals surface area contributed by atoms with E-state index in [1.165, 1.54) is 25.5 Å². The van der Waals surface area contributed by atoms with Gasteiger partial charge in [-0.15, -0.1) is 0 Å². The first-order valence-electron chi connectivity index (χ1n) is 9.07. The third-order valence-electron chi connectivity index (χ3n) is 4.31. The van der Waals surface area contributed by atoms with E-state index in [-0.39, 0.29) is 23.3 Å². The summed E-state index contributed by atoms with van der Waals surface area (Å²) in [6.45, 7) is 3.12. The van der Waals surface area contributed by atoms with Gasteiger partial charge in [-0.3, -0.25) is 9.78 Å². The highest BCUT2D eigenvalue weighted by atomic mass is 19.4. The lowest BCUT2D eigenvalue weighted by molar-refractivity contribution is -0.143. The first-order chi connectivity index (χ1) is 14.9. The zero-order valence-corrected chi connectivity index (χ0v) is 16.6. The average molecular weight is 455 g/mol. The zero-order chi connectivity index (χ0) is 23.7. The molecule has 1 atom stereocenters. The molecule has 0 bridgehead atoms. The minimum absolute atomic E-state index is 0.0451. The molecular weight excluding hydrogens is 440 g/mol. The smallest absolute Gasteiger partial charge is 0.344 e. The number of halogens is 6. The summed E-state index contributed by atoms with van der Waals surface area (Å²) in [5.74, 6) is -0.949. The van der Waals surface area contributed by atoms with Crippen molar-refractivity contribution in [2.75, 3.05) is 0 Å². The molecule has 168 valence electrons. The van der Waals surface area contributed by atoms with Gasteiger partial charge in [0.1, 0.15) is 5.69 Å². The molecule has 1 amide bonds. The lowest BCUT2D eigenvalue weighted by atomic mass is 10.0. The molecule has 6 nitrogen and oxygen atoms in total. The van der Waals surface area contributed by atoms with E-state index in [0.717, 1.165) is 0 Å². The van der Waals surface area contributed by atoms with Gasteiger partial charge in [0.05, 0.1) is 28.6 Å². The molecule has 1 aromatic carbocycles. The van der Waals surface area contributed by atoms with Gasteiger partial charge < -0.3 is 5.32 Å². The molecule has 3 rings (SSSR count). The molecule has 0 saturated heterocycles. The van der Waals surface area contributed by atoms with E-state index < -0.39 is 41.0 Å². The molecule has 2 heterocycles. The minimum atomic E-state index is -5.07. The van der Waals surface area contributed by atoms with Crippen LogP contribution in [-0.4, -0.2) is 25.8 Å². The van der Waals surface area contributed by atoms with Crippen molar-refractivity contribution >= 4 is 5.91 Å². The molecule has 0 radical (unpaired) electrons. The topological polar surface area (TPSA) is 80.7 Å². The zero-order valence-electron chi connectivity index (χ0n) is 16.6. The predicted molar refractivity (Wildman–Crippen MR) is 100 cm³/mol. The standard InChI is InChI=1S/C20H15F6N5O/c1-10-9-29-15(16(30-10)17-27-4-3-5-28-17)11(2)31-18(32)12-6-13(19(21,22)23)8-14(7-12)20(24,25)26/h3-9,11H,1-2H3,(H,31,32). The Morgan fingerprint density at radius 3 is 2.03 bits per heavy atom. The Morgan fingerprint density at radius 2 is 1.50 bits per heavy atom. The normalized spacial score (nSPS) is 13.0. The van der Waals surface area contributed by atoms with Gasteiger partial charge in [-0.2, -0.15) is 26.3 Å². The fourth-order valence-electron chi connectivity index (χ4n) is 2.82. The number of rotatable bonds is 4. The maximum atomic E-state index is 13.1. The van der Waals surface area contributed by atoms with Gasteiger partial charge in [0.15, 0.2) is 5.82 Å². The van der Waals surface area contributed by atoms with E-state index in [4.69, 9.17) is 0 Å². The number of aromatic nitrogens is 4. The Bertz CT molecular complexity index is 1100. The number of carbonyl (C=O) groups is 1. The van der Waals surface area contributed by atoms with E-state index >= 15 is 0 Å². The highest BCUT2D eigenvalue weighted by Crippen LogP contribution is 2.36. The Labute approximate surface area is 177 Å². The second kappa shape index (κ2) is 8.52. The van der Waals surface area contributed by atoms with Crippen LogP contribution in [0.15, 0.2) is 42.9 Å². The van der Waals surface area contributed by atoms with Crippen molar-refractivity contribution in [1.82, 2.24) is 25.3 Å². The average Bonchev–Trinajstić information content (AvgIpc) is 2.72. The van der Waals surface area contributed by atoms with Crippen LogP contribution < -0.4 is 5.32 Å². The van der Waals surface area contributed by atoms with Gasteiger partial charge >= 0.3 is 12.4 Å². The van der Waals surface area contributed by atoms with Crippen LogP contribution in [0.25, 0.3) is 11.5 Å². The lowest BCUT2D eigenvalue weighted by Crippen LogP contribution is -2.29. The number of carbonyl (C=O) groups excluding carboxylic acids is 1. The van der Waals surface area contributed by atoms with Crippen LogP contribution in [0.5, 0.6) is 0 Å². The van der Waals surface area contributed by atoms with Crippen LogP contribution in [0.3, 0.4) is 0 Å². The second-order valence-corrected chi connectivity index (χ2v) is 6.81. The summed E-state index contributed by atoms with van der Waals surface area (Å²) in [7, 11) is 0. The highest BCUT2D eigenvalue weighted by molar-refractivity contribution is 5.95. The first-order valence-corrected chi connectivity index (χ1v) is 9.07. The highest BCUT2D eigenvalue weighted by Gasteiger charge is 2.37. The monoisotopic (exact) mass is 455 g/mol.